The Balaban J connectivity index is 2.14. The topological polar surface area (TPSA) is 54.9 Å². The SMILES string of the molecule is O=C1Nc2nc(Cl)ccc2/C1=C\c1ccnc(Cl)c1F. The molecule has 0 unspecified atom stereocenters. The average molecular weight is 310 g/mol. The predicted molar refractivity (Wildman–Crippen MR) is 75.0 cm³/mol. The first kappa shape index (κ1) is 13.0. The smallest absolute Gasteiger partial charge is 0.257 e. The van der Waals surface area contributed by atoms with Crippen molar-refractivity contribution in [1.29, 1.82) is 0 Å². The molecule has 0 spiro atoms. The molecule has 3 heterocycles. The minimum absolute atomic E-state index is 0.179. The number of fused-ring (bicyclic) bond motifs is 1. The Labute approximate surface area is 123 Å². The van der Waals surface area contributed by atoms with Gasteiger partial charge in [-0.15, -0.1) is 0 Å². The van der Waals surface area contributed by atoms with Gasteiger partial charge >= 0.3 is 0 Å². The van der Waals surface area contributed by atoms with Crippen molar-refractivity contribution in [2.45, 2.75) is 0 Å². The maximum atomic E-state index is 13.8. The van der Waals surface area contributed by atoms with E-state index in [0.717, 1.165) is 0 Å². The monoisotopic (exact) mass is 309 g/mol. The second kappa shape index (κ2) is 4.85. The number of rotatable bonds is 1. The quantitative estimate of drug-likeness (QED) is 0.648. The van der Waals surface area contributed by atoms with Crippen molar-refractivity contribution in [1.82, 2.24) is 9.97 Å². The van der Waals surface area contributed by atoms with Gasteiger partial charge in [0.15, 0.2) is 11.0 Å². The van der Waals surface area contributed by atoms with E-state index in [4.69, 9.17) is 23.2 Å². The molecule has 0 atom stereocenters. The van der Waals surface area contributed by atoms with Gasteiger partial charge in [-0.2, -0.15) is 0 Å². The number of pyridine rings is 2. The van der Waals surface area contributed by atoms with Gasteiger partial charge in [0.05, 0.1) is 5.57 Å². The van der Waals surface area contributed by atoms with Gasteiger partial charge in [0.25, 0.3) is 5.91 Å². The maximum Gasteiger partial charge on any atom is 0.257 e. The Bertz CT molecular complexity index is 761. The maximum absolute atomic E-state index is 13.8. The van der Waals surface area contributed by atoms with Crippen molar-refractivity contribution in [2.24, 2.45) is 0 Å². The van der Waals surface area contributed by atoms with Gasteiger partial charge in [-0.25, -0.2) is 14.4 Å². The molecule has 0 aromatic carbocycles. The van der Waals surface area contributed by atoms with Crippen LogP contribution >= 0.6 is 23.2 Å². The van der Waals surface area contributed by atoms with E-state index in [1.807, 2.05) is 0 Å². The molecule has 4 nitrogen and oxygen atoms in total. The molecule has 2 aromatic rings. The third-order valence-corrected chi connectivity index (χ3v) is 3.28. The summed E-state index contributed by atoms with van der Waals surface area (Å²) in [7, 11) is 0. The molecule has 2 aromatic heterocycles. The van der Waals surface area contributed by atoms with Crippen LogP contribution in [0.15, 0.2) is 24.4 Å². The zero-order chi connectivity index (χ0) is 14.3. The lowest BCUT2D eigenvalue weighted by Gasteiger charge is -2.00. The highest BCUT2D eigenvalue weighted by atomic mass is 35.5. The van der Waals surface area contributed by atoms with Crippen LogP contribution in [0.25, 0.3) is 11.6 Å². The Morgan fingerprint density at radius 2 is 2.05 bits per heavy atom. The predicted octanol–water partition coefficient (Wildman–Crippen LogP) is 3.42. The van der Waals surface area contributed by atoms with Gasteiger partial charge in [0.2, 0.25) is 0 Å². The average Bonchev–Trinajstić information content (AvgIpc) is 2.70. The minimum Gasteiger partial charge on any atom is -0.306 e. The van der Waals surface area contributed by atoms with E-state index in [2.05, 4.69) is 15.3 Å². The second-order valence-electron chi connectivity index (χ2n) is 4.05. The van der Waals surface area contributed by atoms with Crippen molar-refractivity contribution >= 4 is 46.6 Å². The number of halogens is 3. The minimum atomic E-state index is -0.676. The fourth-order valence-corrected chi connectivity index (χ4v) is 2.20. The van der Waals surface area contributed by atoms with E-state index in [1.165, 1.54) is 18.3 Å². The fourth-order valence-electron chi connectivity index (χ4n) is 1.89. The van der Waals surface area contributed by atoms with Gasteiger partial charge in [-0.1, -0.05) is 23.2 Å². The van der Waals surface area contributed by atoms with Crippen LogP contribution in [0.5, 0.6) is 0 Å². The van der Waals surface area contributed by atoms with E-state index in [9.17, 15) is 9.18 Å². The van der Waals surface area contributed by atoms with Gasteiger partial charge < -0.3 is 5.32 Å². The number of carbonyl (C=O) groups is 1. The molecule has 0 saturated heterocycles. The van der Waals surface area contributed by atoms with E-state index < -0.39 is 5.82 Å². The van der Waals surface area contributed by atoms with Gasteiger partial charge in [0, 0.05) is 17.3 Å². The number of amides is 1. The first-order chi connectivity index (χ1) is 9.56. The summed E-state index contributed by atoms with van der Waals surface area (Å²) in [6, 6.07) is 4.64. The normalized spacial score (nSPS) is 15.3. The molecule has 20 heavy (non-hydrogen) atoms. The van der Waals surface area contributed by atoms with Crippen LogP contribution in [0.4, 0.5) is 10.2 Å². The summed E-state index contributed by atoms with van der Waals surface area (Å²) < 4.78 is 13.8. The lowest BCUT2D eigenvalue weighted by atomic mass is 10.1. The Kier molecular flexibility index (Phi) is 3.16. The van der Waals surface area contributed by atoms with Crippen LogP contribution in [0.2, 0.25) is 10.3 Å². The van der Waals surface area contributed by atoms with Crippen molar-refractivity contribution in [3.63, 3.8) is 0 Å². The Morgan fingerprint density at radius 3 is 2.85 bits per heavy atom. The molecule has 0 fully saturated rings. The molecule has 0 bridgehead atoms. The standard InChI is InChI=1S/C13H6Cl2FN3O/c14-9-2-1-7-8(13(20)19-12(7)18-9)5-6-3-4-17-11(15)10(6)16/h1-5H,(H,18,19,20)/b8-5+. The molecule has 0 aliphatic carbocycles. The highest BCUT2D eigenvalue weighted by Crippen LogP contribution is 2.33. The van der Waals surface area contributed by atoms with Crippen LogP contribution < -0.4 is 5.32 Å². The third kappa shape index (κ3) is 2.15. The van der Waals surface area contributed by atoms with Gasteiger partial charge in [-0.3, -0.25) is 4.79 Å². The van der Waals surface area contributed by atoms with Crippen LogP contribution in [-0.2, 0) is 4.79 Å². The highest BCUT2D eigenvalue weighted by molar-refractivity contribution is 6.35. The zero-order valence-electron chi connectivity index (χ0n) is 9.82. The number of nitrogens with zero attached hydrogens (tertiary/aromatic N) is 2. The molecule has 0 saturated carbocycles. The number of hydrogen-bond acceptors (Lipinski definition) is 3. The van der Waals surface area contributed by atoms with Crippen molar-refractivity contribution in [2.75, 3.05) is 5.32 Å². The summed E-state index contributed by atoms with van der Waals surface area (Å²) in [5.41, 5.74) is 1.04. The zero-order valence-corrected chi connectivity index (χ0v) is 11.3. The summed E-state index contributed by atoms with van der Waals surface area (Å²) in [6.07, 6.45) is 2.77. The summed E-state index contributed by atoms with van der Waals surface area (Å²) in [5, 5.41) is 2.59. The lowest BCUT2D eigenvalue weighted by molar-refractivity contribution is -0.110. The van der Waals surface area contributed by atoms with Crippen LogP contribution in [-0.4, -0.2) is 15.9 Å². The van der Waals surface area contributed by atoms with E-state index >= 15 is 0 Å². The molecule has 1 aliphatic heterocycles. The summed E-state index contributed by atoms with van der Waals surface area (Å²) >= 11 is 11.4. The van der Waals surface area contributed by atoms with E-state index in [0.29, 0.717) is 17.0 Å². The largest absolute Gasteiger partial charge is 0.306 e. The Hall–Kier alpha value is -1.98. The molecule has 7 heteroatoms. The number of hydrogen-bond donors (Lipinski definition) is 1. The fraction of sp³-hybridized carbons (Fsp3) is 0. The molecule has 0 radical (unpaired) electrons. The summed E-state index contributed by atoms with van der Waals surface area (Å²) in [5.74, 6) is -0.693. The number of anilines is 1. The van der Waals surface area contributed by atoms with Crippen molar-refractivity contribution in [3.8, 4) is 0 Å². The molecule has 100 valence electrons. The number of aromatic nitrogens is 2. The van der Waals surface area contributed by atoms with Crippen molar-refractivity contribution < 1.29 is 9.18 Å². The lowest BCUT2D eigenvalue weighted by Crippen LogP contribution is -2.04. The van der Waals surface area contributed by atoms with Gasteiger partial charge in [0.1, 0.15) is 11.0 Å². The molecular formula is C13H6Cl2FN3O. The molecular weight excluding hydrogens is 304 g/mol. The Morgan fingerprint density at radius 1 is 1.25 bits per heavy atom. The molecule has 3 rings (SSSR count). The number of carbonyl (C=O) groups excluding carboxylic acids is 1. The number of nitrogens with one attached hydrogen (secondary N) is 1. The van der Waals surface area contributed by atoms with Crippen LogP contribution in [0, 0.1) is 5.82 Å². The van der Waals surface area contributed by atoms with E-state index in [-0.39, 0.29) is 21.8 Å². The summed E-state index contributed by atoms with van der Waals surface area (Å²) in [4.78, 5) is 19.5. The van der Waals surface area contributed by atoms with Gasteiger partial charge in [-0.05, 0) is 24.3 Å². The first-order valence-corrected chi connectivity index (χ1v) is 6.32. The van der Waals surface area contributed by atoms with Crippen molar-refractivity contribution in [3.05, 3.63) is 51.6 Å². The first-order valence-electron chi connectivity index (χ1n) is 5.56. The van der Waals surface area contributed by atoms with E-state index in [1.54, 1.807) is 12.1 Å². The molecule has 1 amide bonds. The highest BCUT2D eigenvalue weighted by Gasteiger charge is 2.26. The van der Waals surface area contributed by atoms with Crippen LogP contribution in [0.1, 0.15) is 11.1 Å². The third-order valence-electron chi connectivity index (χ3n) is 2.80. The molecule has 1 aliphatic rings. The van der Waals surface area contributed by atoms with Crippen LogP contribution in [0.3, 0.4) is 0 Å². The molecule has 1 N–H and O–H groups in total. The summed E-state index contributed by atoms with van der Waals surface area (Å²) in [6.45, 7) is 0. The second-order valence-corrected chi connectivity index (χ2v) is 4.79.